The summed E-state index contributed by atoms with van der Waals surface area (Å²) < 4.78 is 35.7. The predicted molar refractivity (Wildman–Crippen MR) is 100 cm³/mol. The second-order valence-corrected chi connectivity index (χ2v) is 9.24. The molecule has 0 bridgehead atoms. The Morgan fingerprint density at radius 2 is 1.92 bits per heavy atom. The minimum Gasteiger partial charge on any atom is -0.379 e. The van der Waals surface area contributed by atoms with E-state index in [4.69, 9.17) is 4.74 Å². The number of benzene rings is 1. The lowest BCUT2D eigenvalue weighted by molar-refractivity contribution is 0.0730. The van der Waals surface area contributed by atoms with E-state index in [-0.39, 0.29) is 0 Å². The average Bonchev–Trinajstić information content (AvgIpc) is 3.16. The monoisotopic (exact) mass is 392 g/mol. The molecule has 1 aliphatic rings. The van der Waals surface area contributed by atoms with Gasteiger partial charge in [0.15, 0.2) is 0 Å². The number of hydrogen-bond donors (Lipinski definition) is 0. The fraction of sp³-hybridized carbons (Fsp3) is 0.412. The van der Waals surface area contributed by atoms with Gasteiger partial charge in [0.1, 0.15) is 9.90 Å². The Kier molecular flexibility index (Phi) is 4.55. The number of morpholine rings is 1. The molecule has 26 heavy (non-hydrogen) atoms. The maximum Gasteiger partial charge on any atom is 0.246 e. The predicted octanol–water partition coefficient (Wildman–Crippen LogP) is 2.18. The molecule has 1 saturated heterocycles. The van der Waals surface area contributed by atoms with Crippen LogP contribution >= 0.6 is 11.3 Å². The van der Waals surface area contributed by atoms with Crippen LogP contribution in [0.5, 0.6) is 0 Å². The molecule has 4 rings (SSSR count). The van der Waals surface area contributed by atoms with Crippen LogP contribution in [0.3, 0.4) is 0 Å². The van der Waals surface area contributed by atoms with Crippen molar-refractivity contribution in [3.63, 3.8) is 0 Å². The Morgan fingerprint density at radius 1 is 1.19 bits per heavy atom. The number of ether oxygens (including phenoxy) is 1. The first-order valence-electron chi connectivity index (χ1n) is 8.43. The van der Waals surface area contributed by atoms with Crippen LogP contribution in [-0.2, 0) is 21.3 Å². The van der Waals surface area contributed by atoms with Gasteiger partial charge in [-0.05, 0) is 26.0 Å². The van der Waals surface area contributed by atoms with Crippen LogP contribution in [0.2, 0.25) is 0 Å². The van der Waals surface area contributed by atoms with E-state index in [2.05, 4.69) is 10.1 Å². The average molecular weight is 393 g/mol. The van der Waals surface area contributed by atoms with Crippen molar-refractivity contribution < 1.29 is 13.2 Å². The van der Waals surface area contributed by atoms with Gasteiger partial charge in [-0.25, -0.2) is 13.4 Å². The number of para-hydroxylation sites is 1. The largest absolute Gasteiger partial charge is 0.379 e. The van der Waals surface area contributed by atoms with E-state index in [1.807, 2.05) is 24.3 Å². The minimum atomic E-state index is -3.57. The number of sulfonamides is 1. The second kappa shape index (κ2) is 6.73. The number of rotatable bonds is 4. The fourth-order valence-corrected chi connectivity index (χ4v) is 5.97. The van der Waals surface area contributed by atoms with Crippen LogP contribution in [0.1, 0.15) is 16.4 Å². The molecule has 138 valence electrons. The lowest BCUT2D eigenvalue weighted by Crippen LogP contribution is -2.41. The highest BCUT2D eigenvalue weighted by Crippen LogP contribution is 2.27. The summed E-state index contributed by atoms with van der Waals surface area (Å²) in [7, 11) is -3.57. The topological polar surface area (TPSA) is 77.3 Å². The molecule has 0 radical (unpaired) electrons. The van der Waals surface area contributed by atoms with E-state index >= 15 is 0 Å². The van der Waals surface area contributed by atoms with Crippen LogP contribution in [0.25, 0.3) is 10.2 Å². The van der Waals surface area contributed by atoms with Crippen molar-refractivity contribution in [2.24, 2.45) is 0 Å². The first-order chi connectivity index (χ1) is 12.5. The Balaban J connectivity index is 1.67. The summed E-state index contributed by atoms with van der Waals surface area (Å²) in [6.45, 7) is 5.63. The van der Waals surface area contributed by atoms with Crippen molar-refractivity contribution in [3.05, 3.63) is 40.7 Å². The smallest absolute Gasteiger partial charge is 0.246 e. The highest BCUT2D eigenvalue weighted by atomic mass is 32.2. The van der Waals surface area contributed by atoms with Crippen LogP contribution in [0.15, 0.2) is 29.2 Å². The van der Waals surface area contributed by atoms with E-state index < -0.39 is 10.0 Å². The van der Waals surface area contributed by atoms with Gasteiger partial charge in [0.05, 0.1) is 41.4 Å². The van der Waals surface area contributed by atoms with Gasteiger partial charge >= 0.3 is 0 Å². The lowest BCUT2D eigenvalue weighted by Gasteiger charge is -2.26. The number of aromatic nitrogens is 3. The second-order valence-electron chi connectivity index (χ2n) is 6.25. The molecule has 0 spiro atoms. The summed E-state index contributed by atoms with van der Waals surface area (Å²) in [6, 6.07) is 7.96. The van der Waals surface area contributed by atoms with Gasteiger partial charge in [0.2, 0.25) is 10.0 Å². The molecule has 1 aliphatic heterocycles. The molecule has 0 atom stereocenters. The zero-order valence-electron chi connectivity index (χ0n) is 14.7. The van der Waals surface area contributed by atoms with Crippen molar-refractivity contribution in [2.75, 3.05) is 26.3 Å². The molecule has 3 aromatic rings. The number of nitrogens with zero attached hydrogens (tertiary/aromatic N) is 4. The molecular formula is C17H20N4O3S2. The molecular weight excluding hydrogens is 372 g/mol. The Morgan fingerprint density at radius 3 is 2.65 bits per heavy atom. The summed E-state index contributed by atoms with van der Waals surface area (Å²) >= 11 is 1.60. The molecule has 1 aromatic carbocycles. The summed E-state index contributed by atoms with van der Waals surface area (Å²) in [6.07, 6.45) is 0. The highest BCUT2D eigenvalue weighted by molar-refractivity contribution is 7.89. The molecule has 0 unspecified atom stereocenters. The lowest BCUT2D eigenvalue weighted by atomic mass is 10.3. The Bertz CT molecular complexity index is 1020. The van der Waals surface area contributed by atoms with Crippen molar-refractivity contribution in [3.8, 4) is 0 Å². The first-order valence-corrected chi connectivity index (χ1v) is 10.7. The number of hydrogen-bond acceptors (Lipinski definition) is 6. The van der Waals surface area contributed by atoms with E-state index in [0.717, 1.165) is 15.2 Å². The third kappa shape index (κ3) is 3.05. The minimum absolute atomic E-state index is 0.306. The molecule has 0 N–H and O–H groups in total. The first kappa shape index (κ1) is 17.6. The summed E-state index contributed by atoms with van der Waals surface area (Å²) in [5.41, 5.74) is 2.12. The van der Waals surface area contributed by atoms with Gasteiger partial charge in [0.25, 0.3) is 0 Å². The van der Waals surface area contributed by atoms with E-state index in [9.17, 15) is 8.42 Å². The summed E-state index contributed by atoms with van der Waals surface area (Å²) in [5.74, 6) is 0. The van der Waals surface area contributed by atoms with E-state index in [0.29, 0.717) is 49.1 Å². The SMILES string of the molecule is Cc1nn(Cc2nc3ccccc3s2)c(C)c1S(=O)(=O)N1CCOCC1. The van der Waals surface area contributed by atoms with Gasteiger partial charge in [-0.15, -0.1) is 11.3 Å². The fourth-order valence-electron chi connectivity index (χ4n) is 3.24. The van der Waals surface area contributed by atoms with Gasteiger partial charge in [-0.1, -0.05) is 12.1 Å². The zero-order valence-corrected chi connectivity index (χ0v) is 16.3. The molecule has 0 aliphatic carbocycles. The number of aryl methyl sites for hydroxylation is 1. The van der Waals surface area contributed by atoms with Crippen LogP contribution < -0.4 is 0 Å². The van der Waals surface area contributed by atoms with Crippen molar-refractivity contribution in [2.45, 2.75) is 25.3 Å². The van der Waals surface area contributed by atoms with Crippen LogP contribution in [-0.4, -0.2) is 53.8 Å². The highest BCUT2D eigenvalue weighted by Gasteiger charge is 2.32. The molecule has 2 aromatic heterocycles. The Hall–Kier alpha value is -1.81. The standard InChI is InChI=1S/C17H20N4O3S2/c1-12-17(26(22,23)20-7-9-24-10-8-20)13(2)21(19-12)11-16-18-14-5-3-4-6-15(14)25-16/h3-6H,7-11H2,1-2H3. The summed E-state index contributed by atoms with van der Waals surface area (Å²) in [4.78, 5) is 4.93. The normalized spacial score (nSPS) is 16.4. The number of thiazole rings is 1. The molecule has 0 amide bonds. The number of fused-ring (bicyclic) bond motifs is 1. The molecule has 9 heteroatoms. The molecule has 7 nitrogen and oxygen atoms in total. The van der Waals surface area contributed by atoms with Crippen molar-refractivity contribution in [1.82, 2.24) is 19.1 Å². The maximum absolute atomic E-state index is 13.0. The molecule has 1 fully saturated rings. The van der Waals surface area contributed by atoms with Crippen LogP contribution in [0.4, 0.5) is 0 Å². The van der Waals surface area contributed by atoms with E-state index in [1.165, 1.54) is 4.31 Å². The van der Waals surface area contributed by atoms with Crippen molar-refractivity contribution in [1.29, 1.82) is 0 Å². The van der Waals surface area contributed by atoms with Crippen molar-refractivity contribution >= 4 is 31.6 Å². The van der Waals surface area contributed by atoms with Gasteiger partial charge < -0.3 is 4.74 Å². The van der Waals surface area contributed by atoms with Crippen LogP contribution in [0, 0.1) is 13.8 Å². The third-order valence-electron chi connectivity index (χ3n) is 4.51. The quantitative estimate of drug-likeness (QED) is 0.680. The third-order valence-corrected chi connectivity index (χ3v) is 7.68. The van der Waals surface area contributed by atoms with E-state index in [1.54, 1.807) is 29.9 Å². The molecule has 3 heterocycles. The molecule has 0 saturated carbocycles. The maximum atomic E-state index is 13.0. The van der Waals surface area contributed by atoms with Gasteiger partial charge in [-0.2, -0.15) is 9.40 Å². The Labute approximate surface area is 156 Å². The summed E-state index contributed by atoms with van der Waals surface area (Å²) in [5, 5.41) is 5.39. The van der Waals surface area contributed by atoms with Gasteiger partial charge in [0, 0.05) is 13.1 Å². The zero-order chi connectivity index (χ0) is 18.3. The van der Waals surface area contributed by atoms with Gasteiger partial charge in [-0.3, -0.25) is 4.68 Å².